The second-order valence-corrected chi connectivity index (χ2v) is 5.47. The van der Waals surface area contributed by atoms with Gasteiger partial charge in [-0.3, -0.25) is 9.59 Å². The number of hydrogen-bond acceptors (Lipinski definition) is 4. The van der Waals surface area contributed by atoms with Gasteiger partial charge in [-0.05, 0) is 43.3 Å². The van der Waals surface area contributed by atoms with Crippen molar-refractivity contribution in [3.63, 3.8) is 0 Å². The van der Waals surface area contributed by atoms with Gasteiger partial charge in [-0.2, -0.15) is 0 Å². The van der Waals surface area contributed by atoms with Gasteiger partial charge in [0.1, 0.15) is 0 Å². The first-order valence-corrected chi connectivity index (χ1v) is 8.15. The Morgan fingerprint density at radius 3 is 2.40 bits per heavy atom. The Balaban J connectivity index is 1.84. The van der Waals surface area contributed by atoms with E-state index in [9.17, 15) is 9.59 Å². The van der Waals surface area contributed by atoms with E-state index < -0.39 is 0 Å². The van der Waals surface area contributed by atoms with E-state index in [0.717, 1.165) is 6.42 Å². The molecule has 0 unspecified atom stereocenters. The lowest BCUT2D eigenvalue weighted by Crippen LogP contribution is -2.29. The van der Waals surface area contributed by atoms with E-state index in [0.29, 0.717) is 30.1 Å². The second-order valence-electron chi connectivity index (χ2n) is 5.47. The smallest absolute Gasteiger partial charge is 0.255 e. The van der Waals surface area contributed by atoms with E-state index in [2.05, 4.69) is 16.0 Å². The van der Waals surface area contributed by atoms with Gasteiger partial charge in [0, 0.05) is 30.7 Å². The Hall–Kier alpha value is -2.70. The number of nitrogens with one attached hydrogen (secondary N) is 3. The number of benzene rings is 2. The molecule has 6 heteroatoms. The Morgan fingerprint density at radius 2 is 1.68 bits per heavy atom. The number of anilines is 2. The largest absolute Gasteiger partial charge is 0.385 e. The van der Waals surface area contributed by atoms with Gasteiger partial charge < -0.3 is 20.7 Å². The monoisotopic (exact) mass is 341 g/mol. The predicted molar refractivity (Wildman–Crippen MR) is 98.8 cm³/mol. The second kappa shape index (κ2) is 10.2. The third-order valence-electron chi connectivity index (χ3n) is 3.43. The standard InChI is InChI=1S/C19H23N3O3/c1-25-12-6-11-20-14-18(23)21-16-9-5-10-17(13-16)22-19(24)15-7-3-2-4-8-15/h2-5,7-10,13,20H,6,11-12,14H2,1H3,(H,21,23)(H,22,24). The molecule has 2 amide bonds. The first-order chi connectivity index (χ1) is 12.2. The molecule has 132 valence electrons. The van der Waals surface area contributed by atoms with Crippen molar-refractivity contribution in [2.45, 2.75) is 6.42 Å². The lowest BCUT2D eigenvalue weighted by Gasteiger charge is -2.09. The average molecular weight is 341 g/mol. The summed E-state index contributed by atoms with van der Waals surface area (Å²) in [6.45, 7) is 1.61. The van der Waals surface area contributed by atoms with Crippen LogP contribution in [0.3, 0.4) is 0 Å². The fourth-order valence-electron chi connectivity index (χ4n) is 2.22. The zero-order valence-electron chi connectivity index (χ0n) is 14.2. The van der Waals surface area contributed by atoms with Gasteiger partial charge in [-0.15, -0.1) is 0 Å². The van der Waals surface area contributed by atoms with Crippen LogP contribution in [0.5, 0.6) is 0 Å². The minimum absolute atomic E-state index is 0.135. The zero-order chi connectivity index (χ0) is 17.9. The van der Waals surface area contributed by atoms with Crippen LogP contribution in [0.4, 0.5) is 11.4 Å². The van der Waals surface area contributed by atoms with Crippen LogP contribution >= 0.6 is 0 Å². The SMILES string of the molecule is COCCCNCC(=O)Nc1cccc(NC(=O)c2ccccc2)c1. The Labute approximate surface area is 147 Å². The van der Waals surface area contributed by atoms with Crippen molar-refractivity contribution in [2.24, 2.45) is 0 Å². The molecule has 0 heterocycles. The fraction of sp³-hybridized carbons (Fsp3) is 0.263. The van der Waals surface area contributed by atoms with Crippen molar-refractivity contribution in [2.75, 3.05) is 37.4 Å². The molecular formula is C19H23N3O3. The fourth-order valence-corrected chi connectivity index (χ4v) is 2.22. The summed E-state index contributed by atoms with van der Waals surface area (Å²) in [5, 5.41) is 8.67. The van der Waals surface area contributed by atoms with Crippen LogP contribution in [0.25, 0.3) is 0 Å². The maximum Gasteiger partial charge on any atom is 0.255 e. The van der Waals surface area contributed by atoms with E-state index in [4.69, 9.17) is 4.74 Å². The van der Waals surface area contributed by atoms with E-state index in [1.54, 1.807) is 43.5 Å². The zero-order valence-corrected chi connectivity index (χ0v) is 14.2. The topological polar surface area (TPSA) is 79.5 Å². The minimum Gasteiger partial charge on any atom is -0.385 e. The van der Waals surface area contributed by atoms with Crippen molar-refractivity contribution in [3.05, 3.63) is 60.2 Å². The first kappa shape index (κ1) is 18.6. The molecule has 0 saturated heterocycles. The Bertz CT molecular complexity index is 689. The summed E-state index contributed by atoms with van der Waals surface area (Å²) >= 11 is 0. The third-order valence-corrected chi connectivity index (χ3v) is 3.43. The molecule has 0 radical (unpaired) electrons. The lowest BCUT2D eigenvalue weighted by atomic mass is 10.2. The number of ether oxygens (including phenoxy) is 1. The summed E-state index contributed by atoms with van der Waals surface area (Å²) < 4.78 is 4.95. The quantitative estimate of drug-likeness (QED) is 0.612. The molecule has 0 bridgehead atoms. The summed E-state index contributed by atoms with van der Waals surface area (Å²) in [4.78, 5) is 24.1. The highest BCUT2D eigenvalue weighted by atomic mass is 16.5. The first-order valence-electron chi connectivity index (χ1n) is 8.15. The van der Waals surface area contributed by atoms with E-state index in [-0.39, 0.29) is 18.4 Å². The molecule has 0 spiro atoms. The Kier molecular flexibility index (Phi) is 7.62. The maximum atomic E-state index is 12.2. The highest BCUT2D eigenvalue weighted by Crippen LogP contribution is 2.16. The Morgan fingerprint density at radius 1 is 0.960 bits per heavy atom. The van der Waals surface area contributed by atoms with Crippen molar-refractivity contribution < 1.29 is 14.3 Å². The molecule has 25 heavy (non-hydrogen) atoms. The molecule has 2 aromatic rings. The molecule has 0 aliphatic heterocycles. The molecule has 0 fully saturated rings. The molecule has 0 atom stereocenters. The van der Waals surface area contributed by atoms with Crippen LogP contribution < -0.4 is 16.0 Å². The molecule has 0 aromatic heterocycles. The molecular weight excluding hydrogens is 318 g/mol. The van der Waals surface area contributed by atoms with E-state index in [1.165, 1.54) is 0 Å². The minimum atomic E-state index is -0.191. The van der Waals surface area contributed by atoms with Gasteiger partial charge in [0.25, 0.3) is 5.91 Å². The number of amides is 2. The predicted octanol–water partition coefficient (Wildman–Crippen LogP) is 2.50. The van der Waals surface area contributed by atoms with Crippen LogP contribution in [0.15, 0.2) is 54.6 Å². The van der Waals surface area contributed by atoms with E-state index in [1.807, 2.05) is 18.2 Å². The molecule has 3 N–H and O–H groups in total. The van der Waals surface area contributed by atoms with Gasteiger partial charge in [0.2, 0.25) is 5.91 Å². The summed E-state index contributed by atoms with van der Waals surface area (Å²) in [5.41, 5.74) is 1.84. The molecule has 0 aliphatic rings. The number of carbonyl (C=O) groups is 2. The van der Waals surface area contributed by atoms with E-state index >= 15 is 0 Å². The lowest BCUT2D eigenvalue weighted by molar-refractivity contribution is -0.115. The van der Waals surface area contributed by atoms with Crippen LogP contribution in [-0.4, -0.2) is 38.6 Å². The number of methoxy groups -OCH3 is 1. The third kappa shape index (κ3) is 6.74. The van der Waals surface area contributed by atoms with Crippen LogP contribution in [0.1, 0.15) is 16.8 Å². The van der Waals surface area contributed by atoms with Gasteiger partial charge in [0.05, 0.1) is 6.54 Å². The average Bonchev–Trinajstić information content (AvgIpc) is 2.62. The molecule has 0 aliphatic carbocycles. The summed E-state index contributed by atoms with van der Waals surface area (Å²) in [5.74, 6) is -0.326. The number of hydrogen-bond donors (Lipinski definition) is 3. The molecule has 0 saturated carbocycles. The molecule has 6 nitrogen and oxygen atoms in total. The van der Waals surface area contributed by atoms with Crippen molar-refractivity contribution in [1.29, 1.82) is 0 Å². The maximum absolute atomic E-state index is 12.2. The van der Waals surface area contributed by atoms with Crippen LogP contribution in [0.2, 0.25) is 0 Å². The summed E-state index contributed by atoms with van der Waals surface area (Å²) in [6.07, 6.45) is 0.852. The van der Waals surface area contributed by atoms with Gasteiger partial charge in [0.15, 0.2) is 0 Å². The summed E-state index contributed by atoms with van der Waals surface area (Å²) in [6, 6.07) is 16.0. The van der Waals surface area contributed by atoms with Gasteiger partial charge in [-0.1, -0.05) is 24.3 Å². The summed E-state index contributed by atoms with van der Waals surface area (Å²) in [7, 11) is 1.65. The highest BCUT2D eigenvalue weighted by Gasteiger charge is 2.07. The van der Waals surface area contributed by atoms with Gasteiger partial charge in [-0.25, -0.2) is 0 Å². The number of rotatable bonds is 9. The highest BCUT2D eigenvalue weighted by molar-refractivity contribution is 6.04. The molecule has 2 rings (SSSR count). The van der Waals surface area contributed by atoms with Crippen molar-refractivity contribution >= 4 is 23.2 Å². The van der Waals surface area contributed by atoms with Crippen molar-refractivity contribution in [1.82, 2.24) is 5.32 Å². The van der Waals surface area contributed by atoms with Crippen LogP contribution in [0, 0.1) is 0 Å². The number of carbonyl (C=O) groups excluding carboxylic acids is 2. The molecule has 2 aromatic carbocycles. The van der Waals surface area contributed by atoms with Gasteiger partial charge >= 0.3 is 0 Å². The van der Waals surface area contributed by atoms with Crippen LogP contribution in [-0.2, 0) is 9.53 Å². The van der Waals surface area contributed by atoms with Crippen molar-refractivity contribution in [3.8, 4) is 0 Å². The normalized spacial score (nSPS) is 10.3.